The molecule has 0 radical (unpaired) electrons. The Kier molecular flexibility index (Phi) is 7.32. The fraction of sp³-hybridized carbons (Fsp3) is 0.240. The number of benzene rings is 2. The molecule has 0 spiro atoms. The lowest BCUT2D eigenvalue weighted by molar-refractivity contribution is -0.132. The third kappa shape index (κ3) is 5.28. The van der Waals surface area contributed by atoms with E-state index in [1.807, 2.05) is 5.38 Å². The van der Waals surface area contributed by atoms with Crippen LogP contribution in [-0.2, 0) is 14.6 Å². The van der Waals surface area contributed by atoms with E-state index in [4.69, 9.17) is 0 Å². The van der Waals surface area contributed by atoms with Gasteiger partial charge in [0.05, 0.1) is 9.77 Å². The fourth-order valence-electron chi connectivity index (χ4n) is 3.89. The second kappa shape index (κ2) is 10.4. The molecule has 1 atom stereocenters. The van der Waals surface area contributed by atoms with Gasteiger partial charge in [0.2, 0.25) is 15.2 Å². The van der Waals surface area contributed by atoms with Crippen LogP contribution in [0, 0.1) is 6.92 Å². The number of sulfone groups is 1. The first-order valence-electron chi connectivity index (χ1n) is 11.1. The standard InChI is InChI=1S/C25H25N3O5S2/c1-18-8-5-6-11-20(18)22(29)26-23(35(32,33)19-9-3-2-4-10-19)25(31)28-15-13-27(14-16-28)24(30)21-12-7-17-34-21/h2-12,17,23H,13-16H2,1H3,(H,26,29)/t23-/m1/s1. The highest BCUT2D eigenvalue weighted by molar-refractivity contribution is 7.92. The molecule has 35 heavy (non-hydrogen) atoms. The van der Waals surface area contributed by atoms with Crippen molar-refractivity contribution >= 4 is 38.9 Å². The van der Waals surface area contributed by atoms with Crippen molar-refractivity contribution in [3.8, 4) is 0 Å². The van der Waals surface area contributed by atoms with Gasteiger partial charge in [0.25, 0.3) is 17.7 Å². The van der Waals surface area contributed by atoms with Crippen LogP contribution in [0.1, 0.15) is 25.6 Å². The minimum absolute atomic E-state index is 0.0602. The highest BCUT2D eigenvalue weighted by Gasteiger charge is 2.39. The van der Waals surface area contributed by atoms with Crippen LogP contribution in [0.2, 0.25) is 0 Å². The largest absolute Gasteiger partial charge is 0.336 e. The number of hydrogen-bond donors (Lipinski definition) is 1. The molecule has 1 aliphatic heterocycles. The van der Waals surface area contributed by atoms with Crippen LogP contribution in [0.25, 0.3) is 0 Å². The Morgan fingerprint density at radius 3 is 2.11 bits per heavy atom. The number of piperazine rings is 1. The lowest BCUT2D eigenvalue weighted by atomic mass is 10.1. The van der Waals surface area contributed by atoms with Crippen molar-refractivity contribution in [3.05, 3.63) is 88.1 Å². The quantitative estimate of drug-likeness (QED) is 0.548. The van der Waals surface area contributed by atoms with Crippen LogP contribution in [-0.4, -0.2) is 67.5 Å². The summed E-state index contributed by atoms with van der Waals surface area (Å²) in [6.45, 7) is 2.61. The van der Waals surface area contributed by atoms with Gasteiger partial charge in [0, 0.05) is 31.7 Å². The fourth-order valence-corrected chi connectivity index (χ4v) is 6.07. The molecule has 0 saturated carbocycles. The molecule has 0 bridgehead atoms. The Balaban J connectivity index is 1.56. The van der Waals surface area contributed by atoms with Gasteiger partial charge in [-0.1, -0.05) is 42.5 Å². The average Bonchev–Trinajstić information content (AvgIpc) is 3.42. The van der Waals surface area contributed by atoms with E-state index in [0.29, 0.717) is 16.0 Å². The van der Waals surface area contributed by atoms with Gasteiger partial charge in [-0.15, -0.1) is 11.3 Å². The number of carbonyl (C=O) groups is 3. The summed E-state index contributed by atoms with van der Waals surface area (Å²) in [4.78, 5) is 42.7. The Labute approximate surface area is 208 Å². The van der Waals surface area contributed by atoms with Crippen LogP contribution in [0.4, 0.5) is 0 Å². The third-order valence-electron chi connectivity index (χ3n) is 5.87. The molecule has 8 nitrogen and oxygen atoms in total. The first-order valence-corrected chi connectivity index (χ1v) is 13.5. The molecular weight excluding hydrogens is 486 g/mol. The van der Waals surface area contributed by atoms with Gasteiger partial charge in [-0.25, -0.2) is 8.42 Å². The average molecular weight is 512 g/mol. The van der Waals surface area contributed by atoms with Crippen LogP contribution >= 0.6 is 11.3 Å². The first kappa shape index (κ1) is 24.6. The summed E-state index contributed by atoms with van der Waals surface area (Å²) in [5.74, 6) is -1.49. The number of nitrogens with zero attached hydrogens (tertiary/aromatic N) is 2. The van der Waals surface area contributed by atoms with Gasteiger partial charge in [-0.2, -0.15) is 0 Å². The molecule has 1 saturated heterocycles. The van der Waals surface area contributed by atoms with Gasteiger partial charge < -0.3 is 15.1 Å². The monoisotopic (exact) mass is 511 g/mol. The maximum atomic E-state index is 13.5. The van der Waals surface area contributed by atoms with E-state index in [-0.39, 0.29) is 37.0 Å². The lowest BCUT2D eigenvalue weighted by Gasteiger charge is -2.36. The number of nitrogens with one attached hydrogen (secondary N) is 1. The number of carbonyl (C=O) groups excluding carboxylic acids is 3. The van der Waals surface area contributed by atoms with Crippen molar-refractivity contribution in [1.82, 2.24) is 15.1 Å². The van der Waals surface area contributed by atoms with Gasteiger partial charge >= 0.3 is 0 Å². The number of hydrogen-bond acceptors (Lipinski definition) is 6. The van der Waals surface area contributed by atoms with E-state index in [9.17, 15) is 22.8 Å². The molecule has 182 valence electrons. The van der Waals surface area contributed by atoms with Gasteiger partial charge in [0.1, 0.15) is 0 Å². The zero-order valence-electron chi connectivity index (χ0n) is 19.1. The number of rotatable bonds is 6. The van der Waals surface area contributed by atoms with E-state index in [1.165, 1.54) is 28.4 Å². The summed E-state index contributed by atoms with van der Waals surface area (Å²) in [6, 6.07) is 17.9. The molecule has 2 heterocycles. The van der Waals surface area contributed by atoms with Crippen molar-refractivity contribution in [3.63, 3.8) is 0 Å². The molecule has 1 N–H and O–H groups in total. The van der Waals surface area contributed by atoms with Gasteiger partial charge in [0.15, 0.2) is 0 Å². The predicted octanol–water partition coefficient (Wildman–Crippen LogP) is 2.57. The molecular formula is C25H25N3O5S2. The van der Waals surface area contributed by atoms with Crippen molar-refractivity contribution in [2.24, 2.45) is 0 Å². The molecule has 10 heteroatoms. The van der Waals surface area contributed by atoms with Crippen molar-refractivity contribution in [2.45, 2.75) is 17.2 Å². The zero-order chi connectivity index (χ0) is 25.0. The van der Waals surface area contributed by atoms with Gasteiger partial charge in [-0.3, -0.25) is 14.4 Å². The molecule has 3 amide bonds. The van der Waals surface area contributed by atoms with Crippen LogP contribution in [0.15, 0.2) is 77.0 Å². The van der Waals surface area contributed by atoms with Gasteiger partial charge in [-0.05, 0) is 42.1 Å². The van der Waals surface area contributed by atoms with Crippen molar-refractivity contribution in [1.29, 1.82) is 0 Å². The minimum atomic E-state index is -4.23. The van der Waals surface area contributed by atoms with Crippen molar-refractivity contribution in [2.75, 3.05) is 26.2 Å². The maximum Gasteiger partial charge on any atom is 0.264 e. The highest BCUT2D eigenvalue weighted by atomic mass is 32.2. The lowest BCUT2D eigenvalue weighted by Crippen LogP contribution is -2.57. The summed E-state index contributed by atoms with van der Waals surface area (Å²) in [5.41, 5.74) is 0.953. The zero-order valence-corrected chi connectivity index (χ0v) is 20.7. The molecule has 3 aromatic rings. The number of aryl methyl sites for hydroxylation is 1. The molecule has 1 fully saturated rings. The summed E-state index contributed by atoms with van der Waals surface area (Å²) in [6.07, 6.45) is 0. The second-order valence-corrected chi connectivity index (χ2v) is 11.1. The first-order chi connectivity index (χ1) is 16.8. The SMILES string of the molecule is Cc1ccccc1C(=O)N[C@@H](C(=O)N1CCN(C(=O)c2cccs2)CC1)S(=O)(=O)c1ccccc1. The Hall–Kier alpha value is -3.50. The number of amides is 3. The second-order valence-electron chi connectivity index (χ2n) is 8.12. The summed E-state index contributed by atoms with van der Waals surface area (Å²) in [7, 11) is -4.23. The smallest absolute Gasteiger partial charge is 0.264 e. The minimum Gasteiger partial charge on any atom is -0.336 e. The normalized spacial score (nSPS) is 14.9. The van der Waals surface area contributed by atoms with E-state index < -0.39 is 27.0 Å². The van der Waals surface area contributed by atoms with Crippen LogP contribution < -0.4 is 5.32 Å². The topological polar surface area (TPSA) is 104 Å². The third-order valence-corrected chi connectivity index (χ3v) is 8.60. The predicted molar refractivity (Wildman–Crippen MR) is 133 cm³/mol. The number of thiophene rings is 1. The van der Waals surface area contributed by atoms with E-state index in [0.717, 1.165) is 0 Å². The van der Waals surface area contributed by atoms with E-state index in [1.54, 1.807) is 66.4 Å². The Morgan fingerprint density at radius 1 is 0.857 bits per heavy atom. The molecule has 2 aromatic carbocycles. The molecule has 4 rings (SSSR count). The van der Waals surface area contributed by atoms with Crippen LogP contribution in [0.5, 0.6) is 0 Å². The summed E-state index contributed by atoms with van der Waals surface area (Å²) < 4.78 is 26.9. The summed E-state index contributed by atoms with van der Waals surface area (Å²) in [5, 5.41) is 2.50. The highest BCUT2D eigenvalue weighted by Crippen LogP contribution is 2.20. The molecule has 1 aromatic heterocycles. The molecule has 0 aliphatic carbocycles. The van der Waals surface area contributed by atoms with E-state index >= 15 is 0 Å². The molecule has 1 aliphatic rings. The Bertz CT molecular complexity index is 1320. The maximum absolute atomic E-state index is 13.5. The molecule has 0 unspecified atom stereocenters. The summed E-state index contributed by atoms with van der Waals surface area (Å²) >= 11 is 1.34. The van der Waals surface area contributed by atoms with Crippen LogP contribution in [0.3, 0.4) is 0 Å². The van der Waals surface area contributed by atoms with Crippen molar-refractivity contribution < 1.29 is 22.8 Å². The van der Waals surface area contributed by atoms with E-state index in [2.05, 4.69) is 5.32 Å². The Morgan fingerprint density at radius 2 is 1.49 bits per heavy atom.